The topological polar surface area (TPSA) is 157 Å². The van der Waals surface area contributed by atoms with Gasteiger partial charge in [0.25, 0.3) is 15.9 Å². The van der Waals surface area contributed by atoms with Crippen molar-refractivity contribution >= 4 is 47.5 Å². The van der Waals surface area contributed by atoms with Crippen molar-refractivity contribution in [2.75, 3.05) is 30.9 Å². The van der Waals surface area contributed by atoms with Crippen LogP contribution in [0.1, 0.15) is 111 Å². The lowest BCUT2D eigenvalue weighted by Gasteiger charge is -2.43. The molecule has 15 nitrogen and oxygen atoms in total. The van der Waals surface area contributed by atoms with Crippen molar-refractivity contribution in [2.45, 2.75) is 129 Å². The predicted octanol–water partition coefficient (Wildman–Crippen LogP) is 8.00. The lowest BCUT2D eigenvalue weighted by atomic mass is 9.85. The molecule has 3 aromatic heterocycles. The van der Waals surface area contributed by atoms with Crippen molar-refractivity contribution in [1.29, 1.82) is 0 Å². The van der Waals surface area contributed by atoms with Crippen molar-refractivity contribution in [3.05, 3.63) is 78.0 Å². The van der Waals surface area contributed by atoms with E-state index in [9.17, 15) is 13.2 Å². The number of hydrogen-bond donors (Lipinski definition) is 2. The smallest absolute Gasteiger partial charge is 0.407 e. The number of fused-ring (bicyclic) bond motifs is 2. The van der Waals surface area contributed by atoms with Gasteiger partial charge in [0.2, 0.25) is 5.95 Å². The molecule has 0 spiro atoms. The quantitative estimate of drug-likeness (QED) is 0.0643. The van der Waals surface area contributed by atoms with Gasteiger partial charge in [-0.15, -0.1) is 10.2 Å². The fraction of sp³-hybridized carbons (Fsp3) is 0.568. The van der Waals surface area contributed by atoms with Gasteiger partial charge in [-0.3, -0.25) is 13.3 Å². The highest BCUT2D eigenvalue weighted by Gasteiger charge is 2.46. The Kier molecular flexibility index (Phi) is 12.9. The normalized spacial score (nSPS) is 19.8. The van der Waals surface area contributed by atoms with Crippen LogP contribution < -0.4 is 20.3 Å². The van der Waals surface area contributed by atoms with Gasteiger partial charge in [0.05, 0.1) is 62.8 Å². The van der Waals surface area contributed by atoms with Crippen LogP contribution in [0.2, 0.25) is 16.6 Å². The maximum absolute atomic E-state index is 13.7. The van der Waals surface area contributed by atoms with Gasteiger partial charge in [0.15, 0.2) is 19.7 Å². The zero-order valence-electron chi connectivity index (χ0n) is 37.4. The van der Waals surface area contributed by atoms with E-state index in [2.05, 4.69) is 110 Å². The molecule has 0 bridgehead atoms. The lowest BCUT2D eigenvalue weighted by molar-refractivity contribution is -0.406. The first-order valence-corrected chi connectivity index (χ1v) is 25.7. The molecule has 0 radical (unpaired) electrons. The van der Waals surface area contributed by atoms with Gasteiger partial charge in [0.1, 0.15) is 17.6 Å². The van der Waals surface area contributed by atoms with Crippen LogP contribution >= 0.6 is 0 Å². The highest BCUT2D eigenvalue weighted by atomic mass is 32.2. The van der Waals surface area contributed by atoms with E-state index in [-0.39, 0.29) is 42.8 Å². The molecule has 1 fully saturated rings. The summed E-state index contributed by atoms with van der Waals surface area (Å²) in [6.07, 6.45) is 11.8. The van der Waals surface area contributed by atoms with Crippen molar-refractivity contribution in [3.8, 4) is 5.75 Å². The molecule has 7 rings (SSSR count). The standard InChI is InChI=1S/C44H63N9O6SSi/c1-29(2)61(30(3)4,31(5)6)58-28-32-14-13-21-51(32)43-49-48-40-20-17-34(27-52(40)43)59-38-19-18-37(35-15-11-12-16-36(35)38)46-42(54)47-41-24-39(44(7,8)9)53(41)33-25-45-50(26-33)22-23-57-60(10,55)56/h11-12,15-17,20,24-27,29-32,37-38H,13-14,18-19,21-23,28H2,1-10H3,(H,46,54)/p+1. The molecule has 4 aromatic rings. The zero-order chi connectivity index (χ0) is 43.9. The maximum Gasteiger partial charge on any atom is 0.407 e. The van der Waals surface area contributed by atoms with Crippen molar-refractivity contribution in [3.63, 3.8) is 0 Å². The molecule has 1 aromatic carbocycles. The minimum absolute atomic E-state index is 0.0286. The highest BCUT2D eigenvalue weighted by molar-refractivity contribution is 7.85. The summed E-state index contributed by atoms with van der Waals surface area (Å²) in [5.41, 5.74) is 5.93. The Hall–Kier alpha value is -4.58. The second-order valence-corrected chi connectivity index (χ2v) is 25.8. The Labute approximate surface area is 361 Å². The molecular weight excluding hydrogens is 811 g/mol. The number of hydrogen-bond acceptors (Lipinski definition) is 10. The van der Waals surface area contributed by atoms with Crippen LogP contribution in [0.4, 0.5) is 16.4 Å². The van der Waals surface area contributed by atoms with Crippen LogP contribution in [0.25, 0.3) is 5.65 Å². The number of benzene rings is 1. The molecule has 2 amide bonds. The number of allylic oxidation sites excluding steroid dienone is 1. The number of carbonyl (C=O) groups excluding carboxylic acids is 1. The number of rotatable bonds is 16. The summed E-state index contributed by atoms with van der Waals surface area (Å²) in [5, 5.41) is 19.9. The molecule has 330 valence electrons. The van der Waals surface area contributed by atoms with Gasteiger partial charge in [-0.25, -0.2) is 4.79 Å². The summed E-state index contributed by atoms with van der Waals surface area (Å²) in [6, 6.07) is 11.8. The number of pyridine rings is 1. The van der Waals surface area contributed by atoms with Gasteiger partial charge in [0, 0.05) is 12.0 Å². The minimum atomic E-state index is -3.55. The fourth-order valence-electron chi connectivity index (χ4n) is 9.75. The van der Waals surface area contributed by atoms with Gasteiger partial charge < -0.3 is 19.4 Å². The van der Waals surface area contributed by atoms with Crippen LogP contribution in [0.15, 0.2) is 66.9 Å². The van der Waals surface area contributed by atoms with E-state index in [4.69, 9.17) is 13.3 Å². The Morgan fingerprint density at radius 3 is 2.38 bits per heavy atom. The van der Waals surface area contributed by atoms with E-state index >= 15 is 0 Å². The first kappa shape index (κ1) is 44.5. The zero-order valence-corrected chi connectivity index (χ0v) is 39.2. The van der Waals surface area contributed by atoms with Crippen LogP contribution in [-0.4, -0.2) is 89.5 Å². The SMILES string of the molecule is CC(C)[Si](OCC1CCCN1c1nnc2ccc(OC3CCC(NC(=O)NC4=CC(C(C)(C)C)=[N+]4c4cnn(CCOS(C)(=O)=O)c4)c4ccccc43)cn12)(C(C)C)C(C)C. The molecule has 61 heavy (non-hydrogen) atoms. The number of carbonyl (C=O) groups is 1. The summed E-state index contributed by atoms with van der Waals surface area (Å²) in [5.74, 6) is 2.16. The van der Waals surface area contributed by atoms with Crippen LogP contribution in [0.5, 0.6) is 5.75 Å². The second kappa shape index (κ2) is 17.7. The first-order chi connectivity index (χ1) is 28.9. The molecule has 17 heteroatoms. The van der Waals surface area contributed by atoms with Gasteiger partial charge in [-0.1, -0.05) is 86.6 Å². The number of nitrogens with one attached hydrogen (secondary N) is 2. The number of anilines is 1. The third kappa shape index (κ3) is 9.44. The van der Waals surface area contributed by atoms with Crippen LogP contribution in [0, 0.1) is 5.41 Å². The third-order valence-electron chi connectivity index (χ3n) is 12.5. The largest absolute Gasteiger partial charge is 0.484 e. The Morgan fingerprint density at radius 1 is 0.967 bits per heavy atom. The molecule has 3 aliphatic rings. The molecule has 2 N–H and O–H groups in total. The average molecular weight is 875 g/mol. The number of amides is 2. The minimum Gasteiger partial charge on any atom is -0.484 e. The molecular formula is C44H64N9O6SSi+. The molecule has 3 atom stereocenters. The number of urea groups is 1. The fourth-order valence-corrected chi connectivity index (χ4v) is 15.6. The summed E-state index contributed by atoms with van der Waals surface area (Å²) >= 11 is 0. The molecule has 3 unspecified atom stereocenters. The van der Waals surface area contributed by atoms with Gasteiger partial charge in [-0.2, -0.15) is 23.4 Å². The average Bonchev–Trinajstić information content (AvgIpc) is 3.93. The Bertz CT molecular complexity index is 2380. The van der Waals surface area contributed by atoms with Crippen LogP contribution in [0.3, 0.4) is 0 Å². The van der Waals surface area contributed by atoms with E-state index in [1.54, 1.807) is 17.1 Å². The molecule has 1 saturated heterocycles. The van der Waals surface area contributed by atoms with Crippen molar-refractivity contribution in [1.82, 2.24) is 35.0 Å². The second-order valence-electron chi connectivity index (χ2n) is 18.7. The number of aromatic nitrogens is 5. The molecule has 5 heterocycles. The Balaban J connectivity index is 1.02. The van der Waals surface area contributed by atoms with Crippen molar-refractivity contribution < 1.29 is 31.1 Å². The number of nitrogens with zero attached hydrogens (tertiary/aromatic N) is 7. The first-order valence-electron chi connectivity index (χ1n) is 21.7. The van der Waals surface area contributed by atoms with E-state index in [0.29, 0.717) is 41.9 Å². The lowest BCUT2D eigenvalue weighted by Crippen LogP contribution is -2.50. The van der Waals surface area contributed by atoms with Crippen LogP contribution in [-0.2, 0) is 25.3 Å². The van der Waals surface area contributed by atoms with E-state index in [1.165, 1.54) is 0 Å². The highest BCUT2D eigenvalue weighted by Crippen LogP contribution is 2.43. The molecule has 0 saturated carbocycles. The summed E-state index contributed by atoms with van der Waals surface area (Å²) in [6.45, 7) is 22.1. The summed E-state index contributed by atoms with van der Waals surface area (Å²) in [4.78, 5) is 16.0. The summed E-state index contributed by atoms with van der Waals surface area (Å²) < 4.78 is 47.2. The van der Waals surface area contributed by atoms with E-state index in [0.717, 1.165) is 65.5 Å². The maximum atomic E-state index is 13.7. The molecule has 2 aliphatic heterocycles. The Morgan fingerprint density at radius 2 is 1.69 bits per heavy atom. The number of ether oxygens (including phenoxy) is 1. The third-order valence-corrected chi connectivity index (χ3v) is 19.2. The van der Waals surface area contributed by atoms with Gasteiger partial charge in [-0.05, 0) is 65.6 Å². The summed E-state index contributed by atoms with van der Waals surface area (Å²) in [7, 11) is -5.57. The molecule has 1 aliphatic carbocycles. The monoisotopic (exact) mass is 874 g/mol. The predicted molar refractivity (Wildman–Crippen MR) is 239 cm³/mol. The van der Waals surface area contributed by atoms with Crippen molar-refractivity contribution in [2.24, 2.45) is 5.41 Å². The van der Waals surface area contributed by atoms with Gasteiger partial charge >= 0.3 is 6.03 Å². The van der Waals surface area contributed by atoms with E-state index < -0.39 is 18.4 Å². The van der Waals surface area contributed by atoms with E-state index in [1.807, 2.05) is 41.1 Å².